The molecule has 2 fully saturated rings. The largest absolute Gasteiger partial charge is 0.465 e. The average Bonchev–Trinajstić information content (AvgIpc) is 2.73. The highest BCUT2D eigenvalue weighted by atomic mass is 16.5. The van der Waals surface area contributed by atoms with E-state index in [4.69, 9.17) is 20.8 Å². The van der Waals surface area contributed by atoms with E-state index in [-0.39, 0.29) is 17.4 Å². The molecule has 0 saturated carbocycles. The van der Waals surface area contributed by atoms with Gasteiger partial charge in [-0.15, -0.1) is 0 Å². The maximum absolute atomic E-state index is 10.8. The minimum Gasteiger partial charge on any atom is -0.465 e. The normalized spacial score (nSPS) is 28.6. The van der Waals surface area contributed by atoms with Gasteiger partial charge in [0.2, 0.25) is 0 Å². The molecular weight excluding hydrogens is 226 g/mol. The number of carbonyl (C=O) groups is 1. The molecule has 96 valence electrons. The third-order valence-electron chi connectivity index (χ3n) is 3.69. The molecule has 2 saturated heterocycles. The number of amides is 1. The van der Waals surface area contributed by atoms with Crippen LogP contribution < -0.4 is 5.73 Å². The van der Waals surface area contributed by atoms with Crippen molar-refractivity contribution < 1.29 is 19.8 Å². The van der Waals surface area contributed by atoms with Crippen molar-refractivity contribution in [3.63, 3.8) is 0 Å². The summed E-state index contributed by atoms with van der Waals surface area (Å²) < 4.78 is 5.75. The van der Waals surface area contributed by atoms with E-state index in [1.807, 2.05) is 0 Å². The van der Waals surface area contributed by atoms with Crippen LogP contribution in [-0.2, 0) is 4.74 Å². The third kappa shape index (κ3) is 2.28. The number of ether oxygens (including phenoxy) is 1. The summed E-state index contributed by atoms with van der Waals surface area (Å²) in [4.78, 5) is 12.2. The minimum atomic E-state index is -0.883. The molecule has 0 aromatic carbocycles. The van der Waals surface area contributed by atoms with E-state index in [1.54, 1.807) is 0 Å². The molecule has 2 aliphatic heterocycles. The summed E-state index contributed by atoms with van der Waals surface area (Å²) in [7, 11) is 0. The Kier molecular flexibility index (Phi) is 3.10. The highest BCUT2D eigenvalue weighted by molar-refractivity contribution is 5.82. The van der Waals surface area contributed by atoms with Crippen molar-refractivity contribution in [2.45, 2.75) is 24.9 Å². The molecule has 0 aromatic heterocycles. The van der Waals surface area contributed by atoms with Gasteiger partial charge < -0.3 is 25.7 Å². The van der Waals surface area contributed by atoms with Crippen LogP contribution in [0.1, 0.15) is 19.3 Å². The van der Waals surface area contributed by atoms with Gasteiger partial charge in [0, 0.05) is 19.0 Å². The zero-order chi connectivity index (χ0) is 12.5. The number of oxime groups is 1. The van der Waals surface area contributed by atoms with E-state index in [9.17, 15) is 4.79 Å². The van der Waals surface area contributed by atoms with Crippen LogP contribution in [0.5, 0.6) is 0 Å². The standard InChI is InChI=1S/C10H17N3O4/c11-8(12-16)7-5-10(17-6-7)1-3-13(4-2-10)9(14)15/h7,16H,1-6H2,(H2,11,12)(H,14,15). The van der Waals surface area contributed by atoms with E-state index in [2.05, 4.69) is 5.16 Å². The molecule has 0 aliphatic carbocycles. The van der Waals surface area contributed by atoms with Crippen LogP contribution in [0.4, 0.5) is 4.79 Å². The molecule has 0 aromatic rings. The third-order valence-corrected chi connectivity index (χ3v) is 3.69. The number of amidine groups is 1. The van der Waals surface area contributed by atoms with Crippen LogP contribution in [0.3, 0.4) is 0 Å². The topological polar surface area (TPSA) is 108 Å². The molecule has 7 nitrogen and oxygen atoms in total. The van der Waals surface area contributed by atoms with Crippen molar-refractivity contribution in [3.05, 3.63) is 0 Å². The summed E-state index contributed by atoms with van der Waals surface area (Å²) in [6.07, 6.45) is 1.17. The van der Waals surface area contributed by atoms with Crippen LogP contribution >= 0.6 is 0 Å². The van der Waals surface area contributed by atoms with Crippen molar-refractivity contribution in [1.82, 2.24) is 4.90 Å². The Labute approximate surface area is 98.8 Å². The first kappa shape index (κ1) is 12.0. The molecule has 2 aliphatic rings. The molecule has 1 atom stereocenters. The van der Waals surface area contributed by atoms with E-state index in [0.717, 1.165) is 0 Å². The molecular formula is C10H17N3O4. The summed E-state index contributed by atoms with van der Waals surface area (Å²) in [6, 6.07) is 0. The lowest BCUT2D eigenvalue weighted by molar-refractivity contribution is -0.0394. The lowest BCUT2D eigenvalue weighted by Crippen LogP contribution is -2.46. The van der Waals surface area contributed by atoms with Crippen molar-refractivity contribution >= 4 is 11.9 Å². The smallest absolute Gasteiger partial charge is 0.407 e. The predicted molar refractivity (Wildman–Crippen MR) is 59.0 cm³/mol. The highest BCUT2D eigenvalue weighted by Gasteiger charge is 2.44. The Bertz CT molecular complexity index is 336. The van der Waals surface area contributed by atoms with Gasteiger partial charge in [0.15, 0.2) is 0 Å². The van der Waals surface area contributed by atoms with Gasteiger partial charge in [-0.25, -0.2) is 4.79 Å². The van der Waals surface area contributed by atoms with Gasteiger partial charge >= 0.3 is 6.09 Å². The zero-order valence-corrected chi connectivity index (χ0v) is 9.50. The number of hydrogen-bond donors (Lipinski definition) is 3. The summed E-state index contributed by atoms with van der Waals surface area (Å²) in [6.45, 7) is 1.42. The fourth-order valence-electron chi connectivity index (χ4n) is 2.57. The minimum absolute atomic E-state index is 0.0589. The Morgan fingerprint density at radius 2 is 2.12 bits per heavy atom. The van der Waals surface area contributed by atoms with E-state index >= 15 is 0 Å². The van der Waals surface area contributed by atoms with Gasteiger partial charge in [0.25, 0.3) is 0 Å². The first-order valence-electron chi connectivity index (χ1n) is 5.65. The summed E-state index contributed by atoms with van der Waals surface area (Å²) in [5.74, 6) is 0.138. The number of piperidine rings is 1. The monoisotopic (exact) mass is 243 g/mol. The molecule has 7 heteroatoms. The maximum atomic E-state index is 10.8. The van der Waals surface area contributed by atoms with E-state index in [0.29, 0.717) is 39.0 Å². The van der Waals surface area contributed by atoms with Gasteiger partial charge in [-0.05, 0) is 19.3 Å². The van der Waals surface area contributed by atoms with Crippen molar-refractivity contribution in [2.24, 2.45) is 16.8 Å². The molecule has 1 unspecified atom stereocenters. The van der Waals surface area contributed by atoms with Gasteiger partial charge in [0.05, 0.1) is 12.2 Å². The molecule has 1 spiro atoms. The van der Waals surface area contributed by atoms with Gasteiger partial charge in [0.1, 0.15) is 5.84 Å². The van der Waals surface area contributed by atoms with E-state index < -0.39 is 6.09 Å². The van der Waals surface area contributed by atoms with Crippen molar-refractivity contribution in [3.8, 4) is 0 Å². The zero-order valence-electron chi connectivity index (χ0n) is 9.50. The summed E-state index contributed by atoms with van der Waals surface area (Å²) in [5, 5.41) is 20.5. The molecule has 2 heterocycles. The molecule has 0 radical (unpaired) electrons. The van der Waals surface area contributed by atoms with Crippen LogP contribution in [0, 0.1) is 5.92 Å². The first-order valence-corrected chi connectivity index (χ1v) is 5.65. The SMILES string of the molecule is N/C(=N/O)C1COC2(CCN(C(=O)O)CC2)C1. The lowest BCUT2D eigenvalue weighted by atomic mass is 9.85. The van der Waals surface area contributed by atoms with Gasteiger partial charge in [-0.1, -0.05) is 5.16 Å². The van der Waals surface area contributed by atoms with Crippen LogP contribution in [0.2, 0.25) is 0 Å². The van der Waals surface area contributed by atoms with Gasteiger partial charge in [-0.2, -0.15) is 0 Å². The Morgan fingerprint density at radius 1 is 1.47 bits per heavy atom. The molecule has 4 N–H and O–H groups in total. The van der Waals surface area contributed by atoms with E-state index in [1.165, 1.54) is 4.90 Å². The fourth-order valence-corrected chi connectivity index (χ4v) is 2.57. The predicted octanol–water partition coefficient (Wildman–Crippen LogP) is 0.282. The Morgan fingerprint density at radius 3 is 2.65 bits per heavy atom. The number of rotatable bonds is 1. The second-order valence-electron chi connectivity index (χ2n) is 4.69. The number of hydrogen-bond acceptors (Lipinski definition) is 4. The second kappa shape index (κ2) is 4.40. The highest BCUT2D eigenvalue weighted by Crippen LogP contribution is 2.38. The van der Waals surface area contributed by atoms with Crippen molar-refractivity contribution in [2.75, 3.05) is 19.7 Å². The number of likely N-dealkylation sites (tertiary alicyclic amines) is 1. The average molecular weight is 243 g/mol. The lowest BCUT2D eigenvalue weighted by Gasteiger charge is -2.37. The number of carboxylic acid groups (broad SMARTS) is 1. The van der Waals surface area contributed by atoms with Crippen LogP contribution in [0.25, 0.3) is 0 Å². The molecule has 1 amide bonds. The Balaban J connectivity index is 1.94. The first-order chi connectivity index (χ1) is 8.06. The van der Waals surface area contributed by atoms with Gasteiger partial charge in [-0.3, -0.25) is 0 Å². The molecule has 0 bridgehead atoms. The number of nitrogens with two attached hydrogens (primary N) is 1. The second-order valence-corrected chi connectivity index (χ2v) is 4.69. The summed E-state index contributed by atoms with van der Waals surface area (Å²) >= 11 is 0. The fraction of sp³-hybridized carbons (Fsp3) is 0.800. The van der Waals surface area contributed by atoms with Crippen molar-refractivity contribution in [1.29, 1.82) is 0 Å². The Hall–Kier alpha value is -1.50. The maximum Gasteiger partial charge on any atom is 0.407 e. The number of nitrogens with zero attached hydrogens (tertiary/aromatic N) is 2. The molecule has 2 rings (SSSR count). The molecule has 17 heavy (non-hydrogen) atoms. The quantitative estimate of drug-likeness (QED) is 0.265. The van der Waals surface area contributed by atoms with Crippen LogP contribution in [-0.4, -0.2) is 52.4 Å². The summed E-state index contributed by atoms with van der Waals surface area (Å²) in [5.41, 5.74) is 5.27. The van der Waals surface area contributed by atoms with Crippen LogP contribution in [0.15, 0.2) is 5.16 Å².